The summed E-state index contributed by atoms with van der Waals surface area (Å²) in [5.41, 5.74) is 4.67. The van der Waals surface area contributed by atoms with E-state index in [0.717, 1.165) is 54.8 Å². The Bertz CT molecular complexity index is 1150. The van der Waals surface area contributed by atoms with Crippen LogP contribution in [0.4, 0.5) is 13.2 Å². The van der Waals surface area contributed by atoms with Crippen LogP contribution in [-0.2, 0) is 23.8 Å². The number of fused-ring (bicyclic) bond motifs is 1. The van der Waals surface area contributed by atoms with Crippen LogP contribution in [0.15, 0.2) is 60.7 Å². The van der Waals surface area contributed by atoms with Gasteiger partial charge in [-0.25, -0.2) is 0 Å². The number of alkyl halides is 3. The van der Waals surface area contributed by atoms with E-state index in [4.69, 9.17) is 0 Å². The van der Waals surface area contributed by atoms with E-state index < -0.39 is 17.7 Å². The predicted octanol–water partition coefficient (Wildman–Crippen LogP) is 7.75. The highest BCUT2D eigenvalue weighted by Gasteiger charge is 2.33. The first-order valence-corrected chi connectivity index (χ1v) is 12.3. The highest BCUT2D eigenvalue weighted by atomic mass is 19.4. The highest BCUT2D eigenvalue weighted by molar-refractivity contribution is 5.68. The number of aryl methyl sites for hydroxylation is 2. The Morgan fingerprint density at radius 1 is 1.09 bits per heavy atom. The smallest absolute Gasteiger partial charge is 0.416 e. The van der Waals surface area contributed by atoms with Gasteiger partial charge in [0.2, 0.25) is 0 Å². The third-order valence-corrected chi connectivity index (χ3v) is 7.07. The summed E-state index contributed by atoms with van der Waals surface area (Å²) in [6.45, 7) is 4.23. The molecule has 2 atom stereocenters. The van der Waals surface area contributed by atoms with E-state index in [1.165, 1.54) is 11.1 Å². The van der Waals surface area contributed by atoms with Crippen molar-refractivity contribution in [3.8, 4) is 0 Å². The Kier molecular flexibility index (Phi) is 7.39. The van der Waals surface area contributed by atoms with Gasteiger partial charge >= 0.3 is 12.1 Å². The van der Waals surface area contributed by atoms with Gasteiger partial charge < -0.3 is 9.67 Å². The third kappa shape index (κ3) is 5.63. The number of carboxylic acid groups (broad SMARTS) is 1. The number of nitrogens with zero attached hydrogens (tertiary/aromatic N) is 1. The number of aromatic nitrogens is 1. The van der Waals surface area contributed by atoms with E-state index in [2.05, 4.69) is 36.6 Å². The fourth-order valence-electron chi connectivity index (χ4n) is 5.44. The first-order chi connectivity index (χ1) is 16.6. The molecule has 0 amide bonds. The summed E-state index contributed by atoms with van der Waals surface area (Å²) in [6.07, 6.45) is -0.207. The predicted molar refractivity (Wildman–Crippen MR) is 131 cm³/mol. The second-order valence-corrected chi connectivity index (χ2v) is 9.85. The minimum atomic E-state index is -4.39. The molecule has 4 rings (SSSR count). The lowest BCUT2D eigenvalue weighted by atomic mass is 9.85. The van der Waals surface area contributed by atoms with Crippen molar-refractivity contribution in [3.63, 3.8) is 0 Å². The third-order valence-electron chi connectivity index (χ3n) is 7.07. The van der Waals surface area contributed by atoms with Crippen LogP contribution in [-0.4, -0.2) is 15.6 Å². The Balaban J connectivity index is 1.83. The molecule has 0 spiro atoms. The molecule has 3 aromatic rings. The zero-order valence-corrected chi connectivity index (χ0v) is 20.2. The fraction of sp³-hybridized carbons (Fsp3) is 0.414. The van der Waals surface area contributed by atoms with Gasteiger partial charge in [-0.15, -0.1) is 0 Å². The van der Waals surface area contributed by atoms with Gasteiger partial charge in [0.1, 0.15) is 0 Å². The number of benzene rings is 2. The molecule has 1 aromatic heterocycles. The van der Waals surface area contributed by atoms with Crippen molar-refractivity contribution in [1.29, 1.82) is 0 Å². The second kappa shape index (κ2) is 10.3. The van der Waals surface area contributed by atoms with E-state index in [-0.39, 0.29) is 24.3 Å². The first-order valence-electron chi connectivity index (χ1n) is 12.3. The van der Waals surface area contributed by atoms with Crippen molar-refractivity contribution in [3.05, 3.63) is 94.3 Å². The highest BCUT2D eigenvalue weighted by Crippen LogP contribution is 2.42. The minimum Gasteiger partial charge on any atom is -0.481 e. The van der Waals surface area contributed by atoms with E-state index in [1.807, 2.05) is 18.2 Å². The molecule has 35 heavy (non-hydrogen) atoms. The summed E-state index contributed by atoms with van der Waals surface area (Å²) >= 11 is 0. The zero-order valence-electron chi connectivity index (χ0n) is 20.2. The van der Waals surface area contributed by atoms with Gasteiger partial charge in [0, 0.05) is 17.3 Å². The van der Waals surface area contributed by atoms with Crippen LogP contribution < -0.4 is 0 Å². The number of aliphatic carboxylic acids is 1. The molecule has 1 N–H and O–H groups in total. The van der Waals surface area contributed by atoms with Gasteiger partial charge in [0.25, 0.3) is 0 Å². The largest absolute Gasteiger partial charge is 0.481 e. The van der Waals surface area contributed by atoms with Crippen LogP contribution in [0.25, 0.3) is 0 Å². The molecule has 0 bridgehead atoms. The van der Waals surface area contributed by atoms with E-state index in [0.29, 0.717) is 6.42 Å². The van der Waals surface area contributed by atoms with Gasteiger partial charge in [-0.05, 0) is 72.9 Å². The number of carbonyl (C=O) groups is 1. The monoisotopic (exact) mass is 483 g/mol. The Morgan fingerprint density at radius 2 is 1.77 bits per heavy atom. The lowest BCUT2D eigenvalue weighted by Gasteiger charge is -2.31. The molecule has 1 heterocycles. The Hall–Kier alpha value is -3.02. The summed E-state index contributed by atoms with van der Waals surface area (Å²) in [4.78, 5) is 11.7. The number of hydrogen-bond acceptors (Lipinski definition) is 1. The van der Waals surface area contributed by atoms with Crippen molar-refractivity contribution < 1.29 is 23.1 Å². The van der Waals surface area contributed by atoms with Crippen LogP contribution in [0.5, 0.6) is 0 Å². The van der Waals surface area contributed by atoms with Crippen molar-refractivity contribution in [2.75, 3.05) is 0 Å². The van der Waals surface area contributed by atoms with Gasteiger partial charge in [0.15, 0.2) is 0 Å². The number of hydrogen-bond donors (Lipinski definition) is 1. The second-order valence-electron chi connectivity index (χ2n) is 9.85. The summed E-state index contributed by atoms with van der Waals surface area (Å²) in [6, 6.07) is 17.6. The molecule has 0 saturated carbocycles. The molecule has 0 saturated heterocycles. The molecule has 186 valence electrons. The van der Waals surface area contributed by atoms with Gasteiger partial charge in [-0.2, -0.15) is 13.2 Å². The topological polar surface area (TPSA) is 42.2 Å². The molecule has 3 nitrogen and oxygen atoms in total. The standard InChI is InChI=1S/C29H32F3NO2/c1-19(2)26-17-22-9-6-10-23(18-27(34)35)28(22)33(26)25(16-11-20-7-4-3-5-8-20)21-12-14-24(15-13-21)29(30,31)32/h3-5,7-8,12-15,17,19,23,25H,6,9-11,16,18H2,1-2H3,(H,34,35). The average molecular weight is 484 g/mol. The maximum atomic E-state index is 13.3. The van der Waals surface area contributed by atoms with Crippen LogP contribution >= 0.6 is 0 Å². The van der Waals surface area contributed by atoms with E-state index >= 15 is 0 Å². The van der Waals surface area contributed by atoms with Gasteiger partial charge in [-0.1, -0.05) is 56.3 Å². The normalized spacial score (nSPS) is 16.8. The molecule has 1 aliphatic rings. The van der Waals surface area contributed by atoms with Crippen LogP contribution in [0, 0.1) is 0 Å². The lowest BCUT2D eigenvalue weighted by molar-refractivity contribution is -0.138. The number of rotatable bonds is 8. The SMILES string of the molecule is CC(C)c1cc2c(n1C(CCc1ccccc1)c1ccc(C(F)(F)F)cc1)C(CC(=O)O)CCC2. The van der Waals surface area contributed by atoms with Gasteiger partial charge in [0.05, 0.1) is 18.0 Å². The lowest BCUT2D eigenvalue weighted by Crippen LogP contribution is -2.23. The Labute approximate surface area is 204 Å². The maximum Gasteiger partial charge on any atom is 0.416 e. The van der Waals surface area contributed by atoms with E-state index in [1.54, 1.807) is 12.1 Å². The maximum absolute atomic E-state index is 13.3. The van der Waals surface area contributed by atoms with Crippen LogP contribution in [0.1, 0.15) is 91.1 Å². The summed E-state index contributed by atoms with van der Waals surface area (Å²) in [7, 11) is 0. The average Bonchev–Trinajstić information content (AvgIpc) is 3.20. The molecule has 1 aliphatic carbocycles. The fourth-order valence-corrected chi connectivity index (χ4v) is 5.44. The first kappa shape index (κ1) is 25.1. The molecular formula is C29H32F3NO2. The molecule has 2 aromatic carbocycles. The van der Waals surface area contributed by atoms with E-state index in [9.17, 15) is 23.1 Å². The number of carboxylic acids is 1. The van der Waals surface area contributed by atoms with Crippen molar-refractivity contribution in [2.24, 2.45) is 0 Å². The summed E-state index contributed by atoms with van der Waals surface area (Å²) < 4.78 is 42.1. The Morgan fingerprint density at radius 3 is 2.37 bits per heavy atom. The molecule has 0 radical (unpaired) electrons. The molecule has 6 heteroatoms. The molecule has 2 unspecified atom stereocenters. The van der Waals surface area contributed by atoms with Gasteiger partial charge in [-0.3, -0.25) is 4.79 Å². The quantitative estimate of drug-likeness (QED) is 0.356. The molecule has 0 aliphatic heterocycles. The summed E-state index contributed by atoms with van der Waals surface area (Å²) in [5.74, 6) is -0.728. The van der Waals surface area contributed by atoms with Crippen molar-refractivity contribution >= 4 is 5.97 Å². The molecular weight excluding hydrogens is 451 g/mol. The van der Waals surface area contributed by atoms with Crippen molar-refractivity contribution in [1.82, 2.24) is 4.57 Å². The molecule has 0 fully saturated rings. The van der Waals surface area contributed by atoms with Crippen molar-refractivity contribution in [2.45, 2.75) is 76.4 Å². The zero-order chi connectivity index (χ0) is 25.2. The minimum absolute atomic E-state index is 0.0625. The summed E-state index contributed by atoms with van der Waals surface area (Å²) in [5, 5.41) is 9.60. The van der Waals surface area contributed by atoms with Crippen LogP contribution in [0.2, 0.25) is 0 Å². The van der Waals surface area contributed by atoms with Crippen LogP contribution in [0.3, 0.4) is 0 Å². The number of halogens is 3.